The quantitative estimate of drug-likeness (QED) is 0.650. The second-order valence-electron chi connectivity index (χ2n) is 8.12. The van der Waals surface area contributed by atoms with E-state index in [0.29, 0.717) is 24.1 Å². The van der Waals surface area contributed by atoms with Crippen LogP contribution in [0.15, 0.2) is 66.7 Å². The second kappa shape index (κ2) is 7.78. The number of aliphatic hydroxyl groups excluding tert-OH is 1. The summed E-state index contributed by atoms with van der Waals surface area (Å²) >= 11 is 0. The minimum absolute atomic E-state index is 0.00544. The number of hydrogen-bond acceptors (Lipinski definition) is 3. The summed E-state index contributed by atoms with van der Waals surface area (Å²) in [5.74, 6) is -1.00. The lowest BCUT2D eigenvalue weighted by Crippen LogP contribution is -2.42. The molecule has 3 atom stereocenters. The van der Waals surface area contributed by atoms with E-state index in [1.54, 1.807) is 29.2 Å². The Hall–Kier alpha value is -3.25. The van der Waals surface area contributed by atoms with Crippen molar-refractivity contribution < 1.29 is 18.7 Å². The summed E-state index contributed by atoms with van der Waals surface area (Å²) < 4.78 is 28.1. The highest BCUT2D eigenvalue weighted by molar-refractivity contribution is 5.95. The van der Waals surface area contributed by atoms with Crippen LogP contribution < -0.4 is 5.32 Å². The predicted octanol–water partition coefficient (Wildman–Crippen LogP) is 4.62. The lowest BCUT2D eigenvalue weighted by molar-refractivity contribution is 0.0700. The van der Waals surface area contributed by atoms with Gasteiger partial charge in [-0.1, -0.05) is 30.3 Å². The van der Waals surface area contributed by atoms with Crippen LogP contribution in [-0.2, 0) is 0 Å². The molecule has 0 radical (unpaired) electrons. The van der Waals surface area contributed by atoms with Crippen molar-refractivity contribution in [3.8, 4) is 11.1 Å². The number of nitrogens with zero attached hydrogens (tertiary/aromatic N) is 1. The van der Waals surface area contributed by atoms with Gasteiger partial charge >= 0.3 is 0 Å². The average molecular weight is 420 g/mol. The molecule has 158 valence electrons. The Morgan fingerprint density at radius 3 is 2.68 bits per heavy atom. The number of rotatable bonds is 3. The SMILES string of the molecule is O=C(c1cccc(F)c1)N1CC[C@@H]2[C@H]1c1cc(-c3ccccc3F)ccc1N[C@@H]2CO. The molecule has 3 aromatic rings. The third-order valence-corrected chi connectivity index (χ3v) is 6.39. The number of halogens is 2. The van der Waals surface area contributed by atoms with E-state index in [2.05, 4.69) is 5.32 Å². The van der Waals surface area contributed by atoms with Crippen LogP contribution >= 0.6 is 0 Å². The summed E-state index contributed by atoms with van der Waals surface area (Å²) in [4.78, 5) is 15.0. The minimum atomic E-state index is -0.456. The van der Waals surface area contributed by atoms with Crippen LogP contribution in [0.25, 0.3) is 11.1 Å². The van der Waals surface area contributed by atoms with E-state index in [1.165, 1.54) is 24.3 Å². The molecule has 2 aliphatic rings. The standard InChI is InChI=1S/C25H22F2N2O2/c26-17-5-3-4-16(12-17)25(31)29-11-10-19-23(14-30)28-22-9-8-15(13-20(22)24(19)29)18-6-1-2-7-21(18)27/h1-9,12-13,19,23-24,28,30H,10-11,14H2/t19-,23+,24-/m0/s1. The van der Waals surface area contributed by atoms with Gasteiger partial charge in [-0.2, -0.15) is 0 Å². The molecule has 0 saturated carbocycles. The third-order valence-electron chi connectivity index (χ3n) is 6.39. The molecule has 0 bridgehead atoms. The van der Waals surface area contributed by atoms with Gasteiger partial charge in [-0.25, -0.2) is 8.78 Å². The largest absolute Gasteiger partial charge is 0.394 e. The summed E-state index contributed by atoms with van der Waals surface area (Å²) in [6.45, 7) is 0.448. The van der Waals surface area contributed by atoms with Crippen LogP contribution in [0.4, 0.5) is 14.5 Å². The molecule has 1 amide bonds. The Morgan fingerprint density at radius 1 is 1.06 bits per heavy atom. The smallest absolute Gasteiger partial charge is 0.254 e. The van der Waals surface area contributed by atoms with Gasteiger partial charge in [0.15, 0.2) is 0 Å². The fraction of sp³-hybridized carbons (Fsp3) is 0.240. The van der Waals surface area contributed by atoms with Gasteiger partial charge in [0.25, 0.3) is 5.91 Å². The van der Waals surface area contributed by atoms with Crippen molar-refractivity contribution in [3.63, 3.8) is 0 Å². The summed E-state index contributed by atoms with van der Waals surface area (Å²) in [5, 5.41) is 13.3. The molecular formula is C25H22F2N2O2. The van der Waals surface area contributed by atoms with E-state index in [1.807, 2.05) is 18.2 Å². The lowest BCUT2D eigenvalue weighted by atomic mass is 9.82. The van der Waals surface area contributed by atoms with Crippen LogP contribution in [0, 0.1) is 17.6 Å². The molecule has 0 unspecified atom stereocenters. The van der Waals surface area contributed by atoms with E-state index < -0.39 is 5.82 Å². The summed E-state index contributed by atoms with van der Waals surface area (Å²) in [7, 11) is 0. The lowest BCUT2D eigenvalue weighted by Gasteiger charge is -2.39. The monoisotopic (exact) mass is 420 g/mol. The Morgan fingerprint density at radius 2 is 1.90 bits per heavy atom. The van der Waals surface area contributed by atoms with E-state index in [-0.39, 0.29) is 36.3 Å². The highest BCUT2D eigenvalue weighted by atomic mass is 19.1. The number of hydrogen-bond donors (Lipinski definition) is 2. The van der Waals surface area contributed by atoms with Crippen LogP contribution in [0.1, 0.15) is 28.4 Å². The highest BCUT2D eigenvalue weighted by Crippen LogP contribution is 2.47. The van der Waals surface area contributed by atoms with Crippen molar-refractivity contribution in [3.05, 3.63) is 89.5 Å². The second-order valence-corrected chi connectivity index (χ2v) is 8.12. The van der Waals surface area contributed by atoms with Crippen molar-refractivity contribution in [1.82, 2.24) is 4.90 Å². The fourth-order valence-electron chi connectivity index (χ4n) is 4.94. The van der Waals surface area contributed by atoms with Gasteiger partial charge in [-0.15, -0.1) is 0 Å². The van der Waals surface area contributed by atoms with Crippen molar-refractivity contribution in [2.45, 2.75) is 18.5 Å². The molecule has 2 N–H and O–H groups in total. The van der Waals surface area contributed by atoms with E-state index in [4.69, 9.17) is 0 Å². The summed E-state index contributed by atoms with van der Waals surface area (Å²) in [5.41, 5.74) is 3.22. The van der Waals surface area contributed by atoms with Crippen molar-refractivity contribution in [2.24, 2.45) is 5.92 Å². The Kier molecular flexibility index (Phi) is 4.94. The van der Waals surface area contributed by atoms with Crippen LogP contribution in [0.3, 0.4) is 0 Å². The van der Waals surface area contributed by atoms with E-state index >= 15 is 0 Å². The number of carbonyl (C=O) groups excluding carboxylic acids is 1. The van der Waals surface area contributed by atoms with Crippen molar-refractivity contribution in [2.75, 3.05) is 18.5 Å². The number of benzene rings is 3. The van der Waals surface area contributed by atoms with Gasteiger partial charge in [0.1, 0.15) is 11.6 Å². The number of likely N-dealkylation sites (tertiary alicyclic amines) is 1. The first-order valence-electron chi connectivity index (χ1n) is 10.4. The summed E-state index contributed by atoms with van der Waals surface area (Å²) in [6.07, 6.45) is 0.716. The van der Waals surface area contributed by atoms with Crippen LogP contribution in [-0.4, -0.2) is 35.1 Å². The third kappa shape index (κ3) is 3.37. The predicted molar refractivity (Wildman–Crippen MR) is 115 cm³/mol. The number of anilines is 1. The molecule has 5 rings (SSSR count). The number of fused-ring (bicyclic) bond motifs is 3. The molecule has 0 spiro atoms. The zero-order chi connectivity index (χ0) is 21.5. The first-order valence-corrected chi connectivity index (χ1v) is 10.4. The maximum absolute atomic E-state index is 14.4. The first kappa shape index (κ1) is 19.7. The normalized spacial score (nSPS) is 21.9. The minimum Gasteiger partial charge on any atom is -0.394 e. The fourth-order valence-corrected chi connectivity index (χ4v) is 4.94. The van der Waals surface area contributed by atoms with Gasteiger partial charge < -0.3 is 15.3 Å². The summed E-state index contributed by atoms with van der Waals surface area (Å²) in [6, 6.07) is 17.4. The van der Waals surface area contributed by atoms with Crippen LogP contribution in [0.5, 0.6) is 0 Å². The molecular weight excluding hydrogens is 398 g/mol. The number of aliphatic hydroxyl groups is 1. The van der Waals surface area contributed by atoms with Crippen molar-refractivity contribution >= 4 is 11.6 Å². The van der Waals surface area contributed by atoms with Gasteiger partial charge in [0, 0.05) is 29.3 Å². The first-order chi connectivity index (χ1) is 15.1. The molecule has 0 aliphatic carbocycles. The molecule has 1 saturated heterocycles. The molecule has 31 heavy (non-hydrogen) atoms. The van der Waals surface area contributed by atoms with Crippen LogP contribution in [0.2, 0.25) is 0 Å². The topological polar surface area (TPSA) is 52.6 Å². The molecule has 2 aliphatic heterocycles. The van der Waals surface area contributed by atoms with E-state index in [0.717, 1.165) is 16.8 Å². The number of nitrogens with one attached hydrogen (secondary N) is 1. The number of amides is 1. The Bertz CT molecular complexity index is 1150. The number of carbonyl (C=O) groups is 1. The zero-order valence-electron chi connectivity index (χ0n) is 16.8. The molecule has 6 heteroatoms. The molecule has 1 fully saturated rings. The molecule has 4 nitrogen and oxygen atoms in total. The van der Waals surface area contributed by atoms with Crippen molar-refractivity contribution in [1.29, 1.82) is 0 Å². The molecule has 2 heterocycles. The molecule has 3 aromatic carbocycles. The maximum atomic E-state index is 14.4. The Labute approximate surface area is 179 Å². The zero-order valence-corrected chi connectivity index (χ0v) is 16.8. The van der Waals surface area contributed by atoms with Gasteiger partial charge in [0.05, 0.1) is 18.7 Å². The van der Waals surface area contributed by atoms with Gasteiger partial charge in [-0.05, 0) is 53.9 Å². The van der Waals surface area contributed by atoms with Gasteiger partial charge in [0.2, 0.25) is 0 Å². The van der Waals surface area contributed by atoms with E-state index in [9.17, 15) is 18.7 Å². The highest BCUT2D eigenvalue weighted by Gasteiger charge is 2.46. The average Bonchev–Trinajstić information content (AvgIpc) is 3.23. The van der Waals surface area contributed by atoms with Gasteiger partial charge in [-0.3, -0.25) is 4.79 Å². The Balaban J connectivity index is 1.59. The molecule has 0 aromatic heterocycles. The maximum Gasteiger partial charge on any atom is 0.254 e.